The van der Waals surface area contributed by atoms with E-state index in [9.17, 15) is 4.79 Å². The third-order valence-electron chi connectivity index (χ3n) is 3.47. The van der Waals surface area contributed by atoms with E-state index >= 15 is 0 Å². The van der Waals surface area contributed by atoms with E-state index in [0.29, 0.717) is 5.92 Å². The minimum Gasteiger partial charge on any atom is -0.481 e. The van der Waals surface area contributed by atoms with Crippen molar-refractivity contribution in [2.75, 3.05) is 0 Å². The van der Waals surface area contributed by atoms with Gasteiger partial charge in [-0.25, -0.2) is 0 Å². The van der Waals surface area contributed by atoms with Gasteiger partial charge in [0.05, 0.1) is 5.92 Å². The first-order valence-electron chi connectivity index (χ1n) is 5.84. The molecular formula is C14H18O2. The fraction of sp³-hybridized carbons (Fsp3) is 0.500. The van der Waals surface area contributed by atoms with Gasteiger partial charge in [0.2, 0.25) is 0 Å². The Morgan fingerprint density at radius 3 is 2.56 bits per heavy atom. The normalized spacial score (nSPS) is 23.5. The summed E-state index contributed by atoms with van der Waals surface area (Å²) in [5.41, 5.74) is 3.78. The molecule has 2 heteroatoms. The van der Waals surface area contributed by atoms with Crippen LogP contribution in [0.2, 0.25) is 0 Å². The van der Waals surface area contributed by atoms with Gasteiger partial charge in [0.15, 0.2) is 0 Å². The summed E-state index contributed by atoms with van der Waals surface area (Å²) in [6.45, 7) is 6.43. The van der Waals surface area contributed by atoms with Crippen molar-refractivity contribution in [3.63, 3.8) is 0 Å². The van der Waals surface area contributed by atoms with E-state index in [1.807, 2.05) is 0 Å². The maximum absolute atomic E-state index is 10.8. The molecule has 86 valence electrons. The summed E-state index contributed by atoms with van der Waals surface area (Å²) >= 11 is 0. The van der Waals surface area contributed by atoms with Gasteiger partial charge in [-0.2, -0.15) is 0 Å². The molecule has 16 heavy (non-hydrogen) atoms. The molecule has 1 N–H and O–H groups in total. The molecular weight excluding hydrogens is 200 g/mol. The molecule has 1 fully saturated rings. The van der Waals surface area contributed by atoms with E-state index in [1.165, 1.54) is 16.7 Å². The third-order valence-corrected chi connectivity index (χ3v) is 3.47. The number of carbonyl (C=O) groups is 1. The number of carboxylic acids is 1. The van der Waals surface area contributed by atoms with Crippen LogP contribution in [0.4, 0.5) is 0 Å². The Morgan fingerprint density at radius 1 is 1.44 bits per heavy atom. The highest BCUT2D eigenvalue weighted by molar-refractivity contribution is 5.75. The molecule has 0 unspecified atom stereocenters. The van der Waals surface area contributed by atoms with Gasteiger partial charge in [0, 0.05) is 0 Å². The molecule has 0 bridgehead atoms. The molecule has 0 amide bonds. The summed E-state index contributed by atoms with van der Waals surface area (Å²) in [4.78, 5) is 10.8. The van der Waals surface area contributed by atoms with Crippen LogP contribution in [-0.4, -0.2) is 11.1 Å². The number of aliphatic carboxylic acids is 1. The lowest BCUT2D eigenvalue weighted by Gasteiger charge is -2.10. The average molecular weight is 218 g/mol. The fourth-order valence-electron chi connectivity index (χ4n) is 2.29. The molecule has 1 saturated carbocycles. The Balaban J connectivity index is 2.22. The van der Waals surface area contributed by atoms with Crippen LogP contribution in [0, 0.1) is 12.8 Å². The third kappa shape index (κ3) is 1.97. The summed E-state index contributed by atoms with van der Waals surface area (Å²) in [7, 11) is 0. The number of aryl methyl sites for hydroxylation is 1. The molecule has 2 nitrogen and oxygen atoms in total. The first-order chi connectivity index (χ1) is 7.50. The predicted molar refractivity (Wildman–Crippen MR) is 63.8 cm³/mol. The van der Waals surface area contributed by atoms with Crippen LogP contribution in [0.1, 0.15) is 48.8 Å². The second-order valence-corrected chi connectivity index (χ2v) is 5.06. The molecule has 0 spiro atoms. The van der Waals surface area contributed by atoms with Crippen molar-refractivity contribution in [3.8, 4) is 0 Å². The molecule has 1 aliphatic rings. The van der Waals surface area contributed by atoms with Gasteiger partial charge in [-0.05, 0) is 41.9 Å². The van der Waals surface area contributed by atoms with Gasteiger partial charge in [-0.3, -0.25) is 4.79 Å². The molecule has 1 aromatic rings. The van der Waals surface area contributed by atoms with Gasteiger partial charge in [-0.15, -0.1) is 0 Å². The summed E-state index contributed by atoms with van der Waals surface area (Å²) in [5.74, 6) is -0.0260. The van der Waals surface area contributed by atoms with Crippen LogP contribution in [-0.2, 0) is 4.79 Å². The van der Waals surface area contributed by atoms with Gasteiger partial charge < -0.3 is 5.11 Å². The summed E-state index contributed by atoms with van der Waals surface area (Å²) in [5, 5.41) is 8.92. The van der Waals surface area contributed by atoms with Gasteiger partial charge >= 0.3 is 5.97 Å². The SMILES string of the molecule is Cc1cc(C(C)C)ccc1[C@H]1C[C@@H]1C(=O)O. The van der Waals surface area contributed by atoms with E-state index in [1.54, 1.807) is 0 Å². The Hall–Kier alpha value is -1.31. The lowest BCUT2D eigenvalue weighted by Crippen LogP contribution is -2.00. The highest BCUT2D eigenvalue weighted by atomic mass is 16.4. The fourth-order valence-corrected chi connectivity index (χ4v) is 2.29. The second kappa shape index (κ2) is 3.93. The molecule has 0 radical (unpaired) electrons. The van der Waals surface area contributed by atoms with Gasteiger partial charge in [-0.1, -0.05) is 32.0 Å². The highest BCUT2D eigenvalue weighted by Gasteiger charge is 2.44. The number of benzene rings is 1. The number of hydrogen-bond donors (Lipinski definition) is 1. The predicted octanol–water partition coefficient (Wildman–Crippen LogP) is 3.31. The molecule has 0 heterocycles. The summed E-state index contributed by atoms with van der Waals surface area (Å²) < 4.78 is 0. The second-order valence-electron chi connectivity index (χ2n) is 5.06. The van der Waals surface area contributed by atoms with Crippen LogP contribution in [0.3, 0.4) is 0 Å². The van der Waals surface area contributed by atoms with Crippen molar-refractivity contribution in [1.29, 1.82) is 0 Å². The standard InChI is InChI=1S/C14H18O2/c1-8(2)10-4-5-11(9(3)6-10)12-7-13(12)14(15)16/h4-6,8,12-13H,7H2,1-3H3,(H,15,16)/t12-,13+/m1/s1. The molecule has 1 aliphatic carbocycles. The maximum atomic E-state index is 10.8. The smallest absolute Gasteiger partial charge is 0.307 e. The van der Waals surface area contributed by atoms with E-state index in [4.69, 9.17) is 5.11 Å². The van der Waals surface area contributed by atoms with Gasteiger partial charge in [0.25, 0.3) is 0 Å². The Bertz CT molecular complexity index is 421. The van der Waals surface area contributed by atoms with Crippen LogP contribution < -0.4 is 0 Å². The lowest BCUT2D eigenvalue weighted by molar-refractivity contribution is -0.138. The van der Waals surface area contributed by atoms with Crippen molar-refractivity contribution in [2.45, 2.75) is 39.0 Å². The Labute approximate surface area is 96.3 Å². The van der Waals surface area contributed by atoms with Crippen molar-refractivity contribution in [2.24, 2.45) is 5.92 Å². The molecule has 0 saturated heterocycles. The first-order valence-corrected chi connectivity index (χ1v) is 5.84. The molecule has 2 atom stereocenters. The minimum absolute atomic E-state index is 0.149. The van der Waals surface area contributed by atoms with E-state index in [-0.39, 0.29) is 11.8 Å². The molecule has 2 rings (SSSR count). The quantitative estimate of drug-likeness (QED) is 0.845. The first kappa shape index (κ1) is 11.2. The molecule has 1 aromatic carbocycles. The Morgan fingerprint density at radius 2 is 2.12 bits per heavy atom. The maximum Gasteiger partial charge on any atom is 0.307 e. The number of carboxylic acid groups (broad SMARTS) is 1. The minimum atomic E-state index is -0.655. The highest BCUT2D eigenvalue weighted by Crippen LogP contribution is 2.48. The lowest BCUT2D eigenvalue weighted by atomic mass is 9.95. The van der Waals surface area contributed by atoms with Crippen molar-refractivity contribution in [3.05, 3.63) is 34.9 Å². The largest absolute Gasteiger partial charge is 0.481 e. The Kier molecular flexibility index (Phi) is 2.75. The van der Waals surface area contributed by atoms with Crippen LogP contribution >= 0.6 is 0 Å². The zero-order chi connectivity index (χ0) is 11.9. The van der Waals surface area contributed by atoms with Gasteiger partial charge in [0.1, 0.15) is 0 Å². The van der Waals surface area contributed by atoms with E-state index in [0.717, 1.165) is 6.42 Å². The zero-order valence-electron chi connectivity index (χ0n) is 10.0. The van der Waals surface area contributed by atoms with Crippen molar-refractivity contribution < 1.29 is 9.90 Å². The topological polar surface area (TPSA) is 37.3 Å². The number of rotatable bonds is 3. The summed E-state index contributed by atoms with van der Waals surface area (Å²) in [6.07, 6.45) is 0.803. The van der Waals surface area contributed by atoms with E-state index < -0.39 is 5.97 Å². The molecule has 0 aliphatic heterocycles. The van der Waals surface area contributed by atoms with Crippen LogP contribution in [0.5, 0.6) is 0 Å². The van der Waals surface area contributed by atoms with E-state index in [2.05, 4.69) is 39.0 Å². The number of hydrogen-bond acceptors (Lipinski definition) is 1. The van der Waals surface area contributed by atoms with Crippen molar-refractivity contribution in [1.82, 2.24) is 0 Å². The van der Waals surface area contributed by atoms with Crippen LogP contribution in [0.25, 0.3) is 0 Å². The van der Waals surface area contributed by atoms with Crippen LogP contribution in [0.15, 0.2) is 18.2 Å². The average Bonchev–Trinajstić information content (AvgIpc) is 2.97. The van der Waals surface area contributed by atoms with Crippen molar-refractivity contribution >= 4 is 5.97 Å². The summed E-state index contributed by atoms with van der Waals surface area (Å²) in [6, 6.07) is 6.43. The molecule has 0 aromatic heterocycles. The zero-order valence-corrected chi connectivity index (χ0v) is 10.0. The monoisotopic (exact) mass is 218 g/mol.